The van der Waals surface area contributed by atoms with Crippen molar-refractivity contribution in [3.8, 4) is 17.1 Å². The molecule has 0 bridgehead atoms. The summed E-state index contributed by atoms with van der Waals surface area (Å²) in [7, 11) is 0. The first kappa shape index (κ1) is 19.2. The molecule has 5 nitrogen and oxygen atoms in total. The molecule has 27 heavy (non-hydrogen) atoms. The largest absolute Gasteiger partial charge is 0.474 e. The summed E-state index contributed by atoms with van der Waals surface area (Å²) in [6.07, 6.45) is 3.32. The molecule has 3 aromatic rings. The topological polar surface area (TPSA) is 52.8 Å². The van der Waals surface area contributed by atoms with E-state index in [-0.39, 0.29) is 11.1 Å². The van der Waals surface area contributed by atoms with Crippen molar-refractivity contribution in [2.75, 3.05) is 0 Å². The third-order valence-corrected chi connectivity index (χ3v) is 4.23. The minimum absolute atomic E-state index is 0.0130. The van der Waals surface area contributed by atoms with Crippen LogP contribution in [0.25, 0.3) is 11.4 Å². The van der Waals surface area contributed by atoms with Gasteiger partial charge in [-0.25, -0.2) is 8.78 Å². The summed E-state index contributed by atoms with van der Waals surface area (Å²) in [5, 5.41) is 8.48. The van der Waals surface area contributed by atoms with Crippen LogP contribution in [0.1, 0.15) is 39.6 Å². The van der Waals surface area contributed by atoms with E-state index in [0.717, 1.165) is 17.7 Å². The van der Waals surface area contributed by atoms with Crippen molar-refractivity contribution in [2.45, 2.75) is 39.3 Å². The number of benzene rings is 1. The molecule has 0 atom stereocenters. The second-order valence-corrected chi connectivity index (χ2v) is 7.29. The Morgan fingerprint density at radius 2 is 1.67 bits per heavy atom. The van der Waals surface area contributed by atoms with Gasteiger partial charge < -0.3 is 9.30 Å². The Morgan fingerprint density at radius 1 is 1.07 bits per heavy atom. The molecular formula is C19H19ClF2N4O. The number of rotatable bonds is 5. The maximum absolute atomic E-state index is 14.2. The minimum Gasteiger partial charge on any atom is -0.474 e. The average molecular weight is 393 g/mol. The quantitative estimate of drug-likeness (QED) is 0.601. The van der Waals surface area contributed by atoms with E-state index < -0.39 is 23.0 Å². The predicted molar refractivity (Wildman–Crippen MR) is 98.7 cm³/mol. The van der Waals surface area contributed by atoms with Crippen molar-refractivity contribution in [1.82, 2.24) is 19.7 Å². The van der Waals surface area contributed by atoms with E-state index in [1.54, 1.807) is 26.2 Å². The molecule has 0 aliphatic heterocycles. The van der Waals surface area contributed by atoms with Gasteiger partial charge in [0.2, 0.25) is 0 Å². The van der Waals surface area contributed by atoms with Gasteiger partial charge in [-0.05, 0) is 52.0 Å². The molecule has 0 spiro atoms. The zero-order valence-corrected chi connectivity index (χ0v) is 16.1. The highest BCUT2D eigenvalue weighted by Crippen LogP contribution is 2.34. The Balaban J connectivity index is 2.06. The predicted octanol–water partition coefficient (Wildman–Crippen LogP) is 5.17. The lowest BCUT2D eigenvalue weighted by Gasteiger charge is -2.28. The summed E-state index contributed by atoms with van der Waals surface area (Å²) in [5.41, 5.74) is -0.324. The molecule has 0 aliphatic rings. The van der Waals surface area contributed by atoms with E-state index >= 15 is 0 Å². The van der Waals surface area contributed by atoms with Crippen LogP contribution >= 0.6 is 11.6 Å². The Bertz CT molecular complexity index is 935. The van der Waals surface area contributed by atoms with Crippen LogP contribution in [0.3, 0.4) is 0 Å². The first-order valence-electron chi connectivity index (χ1n) is 8.40. The van der Waals surface area contributed by atoms with Crippen LogP contribution in [-0.4, -0.2) is 19.7 Å². The normalized spacial score (nSPS) is 11.9. The van der Waals surface area contributed by atoms with Gasteiger partial charge in [0.25, 0.3) is 0 Å². The van der Waals surface area contributed by atoms with Gasteiger partial charge in [-0.2, -0.15) is 0 Å². The molecule has 0 unspecified atom stereocenters. The molecule has 8 heteroatoms. The van der Waals surface area contributed by atoms with Crippen LogP contribution in [-0.2, 0) is 5.60 Å². The summed E-state index contributed by atoms with van der Waals surface area (Å²) in [6.45, 7) is 7.30. The zero-order chi connectivity index (χ0) is 19.8. The first-order valence-corrected chi connectivity index (χ1v) is 8.78. The molecule has 0 saturated carbocycles. The Hall–Kier alpha value is -2.54. The first-order chi connectivity index (χ1) is 12.7. The lowest BCUT2D eigenvalue weighted by molar-refractivity contribution is 0.0814. The number of halogens is 3. The number of hydrogen-bond acceptors (Lipinski definition) is 4. The second kappa shape index (κ2) is 7.23. The molecule has 0 aliphatic carbocycles. The van der Waals surface area contributed by atoms with Crippen LogP contribution in [0.2, 0.25) is 5.02 Å². The van der Waals surface area contributed by atoms with Crippen molar-refractivity contribution in [1.29, 1.82) is 0 Å². The molecule has 2 aromatic heterocycles. The summed E-state index contributed by atoms with van der Waals surface area (Å²) in [5.74, 6) is -1.20. The van der Waals surface area contributed by atoms with E-state index in [1.807, 2.05) is 30.5 Å². The standard InChI is InChI=1S/C19H19ClF2N4O/c1-11(2)26-17(12-5-7-23-8-6-12)24-25-18(26)19(3,4)27-16-14(21)9-13(20)10-15(16)22/h5-11H,1-4H3. The smallest absolute Gasteiger partial charge is 0.192 e. The third kappa shape index (κ3) is 3.78. The summed E-state index contributed by atoms with van der Waals surface area (Å²) in [6, 6.07) is 5.64. The van der Waals surface area contributed by atoms with E-state index in [9.17, 15) is 8.78 Å². The van der Waals surface area contributed by atoms with E-state index in [4.69, 9.17) is 16.3 Å². The van der Waals surface area contributed by atoms with Gasteiger partial charge in [0.05, 0.1) is 0 Å². The molecule has 142 valence electrons. The highest BCUT2D eigenvalue weighted by Gasteiger charge is 2.34. The van der Waals surface area contributed by atoms with Crippen LogP contribution < -0.4 is 4.74 Å². The van der Waals surface area contributed by atoms with E-state index in [0.29, 0.717) is 11.6 Å². The van der Waals surface area contributed by atoms with Crippen LogP contribution in [0.4, 0.5) is 8.78 Å². The average Bonchev–Trinajstić information content (AvgIpc) is 3.05. The molecular weight excluding hydrogens is 374 g/mol. The maximum Gasteiger partial charge on any atom is 0.192 e. The number of pyridine rings is 1. The summed E-state index contributed by atoms with van der Waals surface area (Å²) in [4.78, 5) is 4.01. The molecule has 0 fully saturated rings. The zero-order valence-electron chi connectivity index (χ0n) is 15.4. The summed E-state index contributed by atoms with van der Waals surface area (Å²) < 4.78 is 36.0. The number of aromatic nitrogens is 4. The van der Waals surface area contributed by atoms with Crippen LogP contribution in [0.5, 0.6) is 5.75 Å². The Morgan fingerprint density at radius 3 is 2.22 bits per heavy atom. The molecule has 0 radical (unpaired) electrons. The van der Waals surface area contributed by atoms with E-state index in [1.165, 1.54) is 0 Å². The van der Waals surface area contributed by atoms with Crippen molar-refractivity contribution in [3.63, 3.8) is 0 Å². The number of nitrogens with zero attached hydrogens (tertiary/aromatic N) is 4. The van der Waals surface area contributed by atoms with Crippen LogP contribution in [0, 0.1) is 11.6 Å². The fourth-order valence-electron chi connectivity index (χ4n) is 2.82. The van der Waals surface area contributed by atoms with Gasteiger partial charge in [0.1, 0.15) is 0 Å². The molecule has 0 saturated heterocycles. The van der Waals surface area contributed by atoms with Gasteiger partial charge in [-0.3, -0.25) is 4.98 Å². The minimum atomic E-state index is -1.15. The van der Waals surface area contributed by atoms with Gasteiger partial charge in [-0.15, -0.1) is 10.2 Å². The van der Waals surface area contributed by atoms with Crippen molar-refractivity contribution in [3.05, 3.63) is 59.1 Å². The monoisotopic (exact) mass is 392 g/mol. The number of hydrogen-bond donors (Lipinski definition) is 0. The Kier molecular flexibility index (Phi) is 5.15. The molecule has 2 heterocycles. The highest BCUT2D eigenvalue weighted by atomic mass is 35.5. The lowest BCUT2D eigenvalue weighted by Crippen LogP contribution is -2.31. The molecule has 3 rings (SSSR count). The van der Waals surface area contributed by atoms with Gasteiger partial charge >= 0.3 is 0 Å². The summed E-state index contributed by atoms with van der Waals surface area (Å²) >= 11 is 5.68. The molecule has 0 N–H and O–H groups in total. The van der Waals surface area contributed by atoms with Crippen molar-refractivity contribution >= 4 is 11.6 Å². The van der Waals surface area contributed by atoms with Crippen molar-refractivity contribution < 1.29 is 13.5 Å². The van der Waals surface area contributed by atoms with Gasteiger partial charge in [-0.1, -0.05) is 11.6 Å². The second-order valence-electron chi connectivity index (χ2n) is 6.86. The fourth-order valence-corrected chi connectivity index (χ4v) is 3.01. The molecule has 1 aromatic carbocycles. The van der Waals surface area contributed by atoms with Gasteiger partial charge in [0, 0.05) is 29.0 Å². The molecule has 0 amide bonds. The van der Waals surface area contributed by atoms with E-state index in [2.05, 4.69) is 15.2 Å². The highest BCUT2D eigenvalue weighted by molar-refractivity contribution is 6.30. The maximum atomic E-state index is 14.2. The Labute approximate surface area is 161 Å². The number of ether oxygens (including phenoxy) is 1. The van der Waals surface area contributed by atoms with Crippen molar-refractivity contribution in [2.24, 2.45) is 0 Å². The van der Waals surface area contributed by atoms with Gasteiger partial charge in [0.15, 0.2) is 34.6 Å². The third-order valence-electron chi connectivity index (χ3n) is 4.01. The fraction of sp³-hybridized carbons (Fsp3) is 0.316. The SMILES string of the molecule is CC(C)n1c(-c2ccncc2)nnc1C(C)(C)Oc1c(F)cc(Cl)cc1F. The lowest BCUT2D eigenvalue weighted by atomic mass is 10.1. The van der Waals surface area contributed by atoms with Crippen LogP contribution in [0.15, 0.2) is 36.7 Å².